The summed E-state index contributed by atoms with van der Waals surface area (Å²) < 4.78 is 32.6. The maximum Gasteiger partial charge on any atom is 0.264 e. The summed E-state index contributed by atoms with van der Waals surface area (Å²) >= 11 is 0. The standard InChI is InChI=1S/C19H23N5O4S/c1-14(25)22-16-5-9-18(10-6-16)29(26,27)23-19-20-12-24(13-21-19)11-15-3-7-17(28-2)8-4-15/h3-10H,11-13H2,1-2H3,(H,22,25)(H2,20,21,23). The average molecular weight is 417 g/mol. The van der Waals surface area contributed by atoms with Crippen molar-refractivity contribution in [2.24, 2.45) is 4.99 Å². The largest absolute Gasteiger partial charge is 0.497 e. The Bertz CT molecular complexity index is 988. The van der Waals surface area contributed by atoms with Gasteiger partial charge in [-0.3, -0.25) is 9.69 Å². The normalized spacial score (nSPS) is 14.5. The number of carbonyl (C=O) groups excluding carboxylic acids is 1. The molecule has 29 heavy (non-hydrogen) atoms. The molecule has 154 valence electrons. The summed E-state index contributed by atoms with van der Waals surface area (Å²) in [6.45, 7) is 2.87. The van der Waals surface area contributed by atoms with Crippen LogP contribution in [0.15, 0.2) is 58.4 Å². The number of aliphatic imine (C=N–C) groups is 1. The van der Waals surface area contributed by atoms with Crippen molar-refractivity contribution in [1.29, 1.82) is 0 Å². The van der Waals surface area contributed by atoms with Crippen LogP contribution in [-0.2, 0) is 21.4 Å². The van der Waals surface area contributed by atoms with Crippen molar-refractivity contribution >= 4 is 27.6 Å². The van der Waals surface area contributed by atoms with E-state index < -0.39 is 10.0 Å². The summed E-state index contributed by atoms with van der Waals surface area (Å²) in [4.78, 5) is 17.4. The van der Waals surface area contributed by atoms with Crippen LogP contribution in [-0.4, -0.2) is 45.6 Å². The molecule has 0 aromatic heterocycles. The zero-order valence-corrected chi connectivity index (χ0v) is 17.0. The molecule has 0 spiro atoms. The second kappa shape index (κ2) is 8.93. The SMILES string of the molecule is COc1ccc(CN2CN=C(NS(=O)(=O)c3ccc(NC(C)=O)cc3)NC2)cc1. The first-order valence-electron chi connectivity index (χ1n) is 8.90. The lowest BCUT2D eigenvalue weighted by Gasteiger charge is -2.27. The Hall–Kier alpha value is -3.11. The minimum Gasteiger partial charge on any atom is -0.497 e. The van der Waals surface area contributed by atoms with Gasteiger partial charge < -0.3 is 15.4 Å². The van der Waals surface area contributed by atoms with E-state index >= 15 is 0 Å². The molecule has 0 saturated carbocycles. The molecule has 10 heteroatoms. The summed E-state index contributed by atoms with van der Waals surface area (Å²) in [5.74, 6) is 0.769. The molecular formula is C19H23N5O4S. The molecule has 0 saturated heterocycles. The number of guanidine groups is 1. The van der Waals surface area contributed by atoms with Crippen LogP contribution in [0.25, 0.3) is 0 Å². The van der Waals surface area contributed by atoms with Gasteiger partial charge in [0.25, 0.3) is 10.0 Å². The third-order valence-electron chi connectivity index (χ3n) is 4.18. The van der Waals surface area contributed by atoms with Gasteiger partial charge in [-0.05, 0) is 42.0 Å². The van der Waals surface area contributed by atoms with Crippen LogP contribution in [0, 0.1) is 0 Å². The topological polar surface area (TPSA) is 112 Å². The van der Waals surface area contributed by atoms with Crippen LogP contribution >= 0.6 is 0 Å². The number of amides is 1. The molecule has 0 radical (unpaired) electrons. The summed E-state index contributed by atoms with van der Waals surface area (Å²) in [6.07, 6.45) is 0. The Balaban J connectivity index is 1.58. The van der Waals surface area contributed by atoms with E-state index in [1.165, 1.54) is 31.2 Å². The smallest absolute Gasteiger partial charge is 0.264 e. The number of ether oxygens (including phenoxy) is 1. The number of methoxy groups -OCH3 is 1. The van der Waals surface area contributed by atoms with Gasteiger partial charge in [-0.2, -0.15) is 0 Å². The van der Waals surface area contributed by atoms with Crippen LogP contribution < -0.4 is 20.1 Å². The predicted molar refractivity (Wildman–Crippen MR) is 110 cm³/mol. The minimum absolute atomic E-state index is 0.0803. The third kappa shape index (κ3) is 5.69. The zero-order valence-electron chi connectivity index (χ0n) is 16.2. The highest BCUT2D eigenvalue weighted by Gasteiger charge is 2.19. The molecule has 0 unspecified atom stereocenters. The molecule has 2 aromatic rings. The van der Waals surface area contributed by atoms with E-state index in [9.17, 15) is 13.2 Å². The van der Waals surface area contributed by atoms with Crippen molar-refractivity contribution in [2.75, 3.05) is 25.8 Å². The number of benzene rings is 2. The fourth-order valence-electron chi connectivity index (χ4n) is 2.73. The van der Waals surface area contributed by atoms with Gasteiger partial charge in [0.15, 0.2) is 0 Å². The monoisotopic (exact) mass is 417 g/mol. The van der Waals surface area contributed by atoms with Crippen molar-refractivity contribution < 1.29 is 17.9 Å². The second-order valence-corrected chi connectivity index (χ2v) is 8.15. The Kier molecular flexibility index (Phi) is 6.35. The average Bonchev–Trinajstić information content (AvgIpc) is 2.70. The van der Waals surface area contributed by atoms with Crippen molar-refractivity contribution in [3.8, 4) is 5.75 Å². The molecule has 3 N–H and O–H groups in total. The predicted octanol–water partition coefficient (Wildman–Crippen LogP) is 1.31. The number of rotatable bonds is 6. The molecule has 0 bridgehead atoms. The Morgan fingerprint density at radius 1 is 1.17 bits per heavy atom. The quantitative estimate of drug-likeness (QED) is 0.653. The van der Waals surface area contributed by atoms with Gasteiger partial charge in [0, 0.05) is 19.2 Å². The number of anilines is 1. The van der Waals surface area contributed by atoms with E-state index in [1.807, 2.05) is 29.2 Å². The molecule has 1 aliphatic heterocycles. The lowest BCUT2D eigenvalue weighted by Crippen LogP contribution is -2.49. The van der Waals surface area contributed by atoms with Crippen LogP contribution in [0.1, 0.15) is 12.5 Å². The molecule has 1 aliphatic rings. The van der Waals surface area contributed by atoms with Gasteiger partial charge in [-0.1, -0.05) is 12.1 Å². The minimum atomic E-state index is -3.78. The highest BCUT2D eigenvalue weighted by Crippen LogP contribution is 2.15. The molecule has 0 aliphatic carbocycles. The first-order chi connectivity index (χ1) is 13.9. The van der Waals surface area contributed by atoms with E-state index in [2.05, 4.69) is 20.3 Å². The van der Waals surface area contributed by atoms with E-state index in [-0.39, 0.29) is 16.8 Å². The van der Waals surface area contributed by atoms with Gasteiger partial charge in [0.1, 0.15) is 5.75 Å². The van der Waals surface area contributed by atoms with Crippen LogP contribution in [0.5, 0.6) is 5.75 Å². The molecule has 3 rings (SSSR count). The maximum absolute atomic E-state index is 12.5. The Morgan fingerprint density at radius 2 is 1.86 bits per heavy atom. The van der Waals surface area contributed by atoms with Crippen molar-refractivity contribution in [3.05, 3.63) is 54.1 Å². The van der Waals surface area contributed by atoms with Gasteiger partial charge in [-0.25, -0.2) is 18.1 Å². The molecule has 2 aromatic carbocycles. The molecule has 9 nitrogen and oxygen atoms in total. The van der Waals surface area contributed by atoms with Gasteiger partial charge >= 0.3 is 0 Å². The van der Waals surface area contributed by atoms with E-state index in [1.54, 1.807) is 7.11 Å². The lowest BCUT2D eigenvalue weighted by molar-refractivity contribution is -0.114. The Morgan fingerprint density at radius 3 is 2.41 bits per heavy atom. The zero-order chi connectivity index (χ0) is 20.9. The number of nitrogens with one attached hydrogen (secondary N) is 3. The maximum atomic E-state index is 12.5. The molecule has 0 atom stereocenters. The summed E-state index contributed by atoms with van der Waals surface area (Å²) in [5.41, 5.74) is 1.63. The summed E-state index contributed by atoms with van der Waals surface area (Å²) in [5, 5.41) is 5.57. The number of hydrogen-bond donors (Lipinski definition) is 3. The number of carbonyl (C=O) groups is 1. The molecular weight excluding hydrogens is 394 g/mol. The molecule has 1 amide bonds. The molecule has 0 fully saturated rings. The van der Waals surface area contributed by atoms with Crippen molar-refractivity contribution in [2.45, 2.75) is 18.4 Å². The van der Waals surface area contributed by atoms with Crippen molar-refractivity contribution in [3.63, 3.8) is 0 Å². The van der Waals surface area contributed by atoms with Crippen LogP contribution in [0.4, 0.5) is 5.69 Å². The number of hydrogen-bond acceptors (Lipinski definition) is 7. The fourth-order valence-corrected chi connectivity index (χ4v) is 3.74. The van der Waals surface area contributed by atoms with Crippen molar-refractivity contribution in [1.82, 2.24) is 14.9 Å². The van der Waals surface area contributed by atoms with Gasteiger partial charge in [-0.15, -0.1) is 0 Å². The first kappa shape index (κ1) is 20.6. The van der Waals surface area contributed by atoms with E-state index in [0.717, 1.165) is 11.3 Å². The van der Waals surface area contributed by atoms with Gasteiger partial charge in [0.05, 0.1) is 25.3 Å². The fraction of sp³-hybridized carbons (Fsp3) is 0.263. The molecule has 1 heterocycles. The van der Waals surface area contributed by atoms with E-state index in [4.69, 9.17) is 4.74 Å². The highest BCUT2D eigenvalue weighted by atomic mass is 32.2. The third-order valence-corrected chi connectivity index (χ3v) is 5.54. The highest BCUT2D eigenvalue weighted by molar-refractivity contribution is 7.90. The Labute approximate surface area is 169 Å². The second-order valence-electron chi connectivity index (χ2n) is 6.47. The number of sulfonamides is 1. The van der Waals surface area contributed by atoms with Crippen LogP contribution in [0.2, 0.25) is 0 Å². The summed E-state index contributed by atoms with van der Waals surface area (Å²) in [6, 6.07) is 13.7. The lowest BCUT2D eigenvalue weighted by atomic mass is 10.2. The number of nitrogens with zero attached hydrogens (tertiary/aromatic N) is 2. The first-order valence-corrected chi connectivity index (χ1v) is 10.4. The van der Waals surface area contributed by atoms with E-state index in [0.29, 0.717) is 25.6 Å². The summed E-state index contributed by atoms with van der Waals surface area (Å²) in [7, 11) is -2.15. The van der Waals surface area contributed by atoms with Gasteiger partial charge in [0.2, 0.25) is 11.9 Å². The van der Waals surface area contributed by atoms with Crippen LogP contribution in [0.3, 0.4) is 0 Å².